The van der Waals surface area contributed by atoms with Crippen LogP contribution in [0.1, 0.15) is 24.1 Å². The van der Waals surface area contributed by atoms with Crippen molar-refractivity contribution in [3.05, 3.63) is 58.6 Å². The second kappa shape index (κ2) is 5.99. The zero-order valence-corrected chi connectivity index (χ0v) is 11.2. The molecule has 0 aliphatic heterocycles. The van der Waals surface area contributed by atoms with Crippen LogP contribution in [0.4, 0.5) is 4.39 Å². The monoisotopic (exact) mass is 280 g/mol. The largest absolute Gasteiger partial charge is 0.489 e. The minimum absolute atomic E-state index is 0.195. The second-order valence-electron chi connectivity index (χ2n) is 4.27. The minimum atomic E-state index is -0.385. The maximum atomic E-state index is 13.0. The first-order valence-electron chi connectivity index (χ1n) is 5.83. The molecule has 0 aliphatic rings. The van der Waals surface area contributed by atoms with Gasteiger partial charge in [0.15, 0.2) is 0 Å². The number of ether oxygens (including phenoxy) is 1. The Morgan fingerprint density at radius 2 is 2.16 bits per heavy atom. The highest BCUT2D eigenvalue weighted by Gasteiger charge is 2.09. The lowest BCUT2D eigenvalue weighted by molar-refractivity contribution is 0.300. The highest BCUT2D eigenvalue weighted by Crippen LogP contribution is 2.27. The highest BCUT2D eigenvalue weighted by atomic mass is 35.5. The van der Waals surface area contributed by atoms with Gasteiger partial charge in [-0.25, -0.2) is 4.39 Å². The van der Waals surface area contributed by atoms with E-state index in [0.717, 1.165) is 11.8 Å². The molecule has 2 rings (SSSR count). The Morgan fingerprint density at radius 1 is 1.37 bits per heavy atom. The van der Waals surface area contributed by atoms with Crippen molar-refractivity contribution in [3.8, 4) is 5.75 Å². The van der Waals surface area contributed by atoms with Crippen LogP contribution in [-0.2, 0) is 6.61 Å². The summed E-state index contributed by atoms with van der Waals surface area (Å²) in [6.07, 6.45) is 2.71. The van der Waals surface area contributed by atoms with Crippen molar-refractivity contribution < 1.29 is 9.13 Å². The van der Waals surface area contributed by atoms with Gasteiger partial charge in [-0.1, -0.05) is 11.6 Å². The Kier molecular flexibility index (Phi) is 4.35. The van der Waals surface area contributed by atoms with E-state index in [1.54, 1.807) is 24.4 Å². The summed E-state index contributed by atoms with van der Waals surface area (Å²) in [4.78, 5) is 3.77. The Hall–Kier alpha value is -1.65. The zero-order chi connectivity index (χ0) is 13.8. The summed E-state index contributed by atoms with van der Waals surface area (Å²) in [5.74, 6) is 0.258. The normalized spacial score (nSPS) is 12.2. The quantitative estimate of drug-likeness (QED) is 0.933. The van der Waals surface area contributed by atoms with Crippen molar-refractivity contribution in [1.29, 1.82) is 0 Å². The molecule has 1 heterocycles. The van der Waals surface area contributed by atoms with Crippen LogP contribution < -0.4 is 10.5 Å². The number of benzene rings is 1. The van der Waals surface area contributed by atoms with Crippen LogP contribution in [-0.4, -0.2) is 4.98 Å². The topological polar surface area (TPSA) is 48.1 Å². The van der Waals surface area contributed by atoms with E-state index < -0.39 is 0 Å². The number of pyridine rings is 1. The smallest absolute Gasteiger partial charge is 0.141 e. The lowest BCUT2D eigenvalue weighted by Gasteiger charge is -2.14. The molecule has 1 atom stereocenters. The van der Waals surface area contributed by atoms with Crippen LogP contribution in [0.5, 0.6) is 5.75 Å². The first-order chi connectivity index (χ1) is 9.06. The number of halogens is 2. The van der Waals surface area contributed by atoms with Crippen LogP contribution in [0.15, 0.2) is 36.7 Å². The lowest BCUT2D eigenvalue weighted by Crippen LogP contribution is -2.08. The van der Waals surface area contributed by atoms with Gasteiger partial charge in [-0.15, -0.1) is 0 Å². The summed E-state index contributed by atoms with van der Waals surface area (Å²) < 4.78 is 18.6. The van der Waals surface area contributed by atoms with Gasteiger partial charge in [-0.2, -0.15) is 0 Å². The van der Waals surface area contributed by atoms with Gasteiger partial charge in [-0.05, 0) is 31.2 Å². The highest BCUT2D eigenvalue weighted by molar-refractivity contribution is 6.30. The molecule has 0 saturated carbocycles. The molecule has 1 aromatic carbocycles. The number of hydrogen-bond acceptors (Lipinski definition) is 3. The molecule has 0 spiro atoms. The summed E-state index contributed by atoms with van der Waals surface area (Å²) in [6.45, 7) is 2.08. The van der Waals surface area contributed by atoms with Gasteiger partial charge < -0.3 is 10.5 Å². The molecule has 0 saturated heterocycles. The summed E-state index contributed by atoms with van der Waals surface area (Å²) in [7, 11) is 0. The van der Waals surface area contributed by atoms with Crippen molar-refractivity contribution >= 4 is 11.6 Å². The fraction of sp³-hybridized carbons (Fsp3) is 0.214. The first-order valence-corrected chi connectivity index (χ1v) is 6.21. The predicted molar refractivity (Wildman–Crippen MR) is 72.6 cm³/mol. The third-order valence-electron chi connectivity index (χ3n) is 2.62. The van der Waals surface area contributed by atoms with Crippen molar-refractivity contribution in [1.82, 2.24) is 4.98 Å². The molecule has 100 valence electrons. The summed E-state index contributed by atoms with van der Waals surface area (Å²) in [5.41, 5.74) is 7.34. The van der Waals surface area contributed by atoms with E-state index in [1.165, 1.54) is 6.07 Å². The SMILES string of the molecule is C[C@H](N)c1cc(Cl)ccc1OCc1cncc(F)c1. The molecular weight excluding hydrogens is 267 g/mol. The van der Waals surface area contributed by atoms with Crippen LogP contribution >= 0.6 is 11.6 Å². The number of hydrogen-bond donors (Lipinski definition) is 1. The summed E-state index contributed by atoms with van der Waals surface area (Å²) in [5, 5.41) is 0.604. The molecule has 0 aliphatic carbocycles. The second-order valence-corrected chi connectivity index (χ2v) is 4.71. The number of nitrogens with two attached hydrogens (primary N) is 1. The molecule has 2 N–H and O–H groups in total. The molecule has 0 unspecified atom stereocenters. The van der Waals surface area contributed by atoms with Crippen LogP contribution in [0.3, 0.4) is 0 Å². The lowest BCUT2D eigenvalue weighted by atomic mass is 10.1. The van der Waals surface area contributed by atoms with E-state index in [4.69, 9.17) is 22.1 Å². The summed E-state index contributed by atoms with van der Waals surface area (Å²) in [6, 6.07) is 6.44. The van der Waals surface area contributed by atoms with Crippen molar-refractivity contribution in [2.45, 2.75) is 19.6 Å². The molecule has 19 heavy (non-hydrogen) atoms. The van der Waals surface area contributed by atoms with Crippen LogP contribution in [0.25, 0.3) is 0 Å². The molecule has 1 aromatic heterocycles. The van der Waals surface area contributed by atoms with Crippen molar-refractivity contribution in [2.24, 2.45) is 5.73 Å². The van der Waals surface area contributed by atoms with Gasteiger partial charge in [0.25, 0.3) is 0 Å². The van der Waals surface area contributed by atoms with Gasteiger partial charge in [0.2, 0.25) is 0 Å². The van der Waals surface area contributed by atoms with Gasteiger partial charge in [0, 0.05) is 28.4 Å². The fourth-order valence-electron chi connectivity index (χ4n) is 1.70. The average molecular weight is 281 g/mol. The Morgan fingerprint density at radius 3 is 2.84 bits per heavy atom. The van der Waals surface area contributed by atoms with Crippen molar-refractivity contribution in [3.63, 3.8) is 0 Å². The summed E-state index contributed by atoms with van der Waals surface area (Å²) >= 11 is 5.93. The third-order valence-corrected chi connectivity index (χ3v) is 2.85. The average Bonchev–Trinajstić information content (AvgIpc) is 2.37. The zero-order valence-electron chi connectivity index (χ0n) is 10.4. The molecule has 5 heteroatoms. The van der Waals surface area contributed by atoms with E-state index in [-0.39, 0.29) is 18.5 Å². The number of aromatic nitrogens is 1. The molecular formula is C14H14ClFN2O. The Bertz CT molecular complexity index is 575. The van der Waals surface area contributed by atoms with E-state index in [9.17, 15) is 4.39 Å². The van der Waals surface area contributed by atoms with E-state index in [2.05, 4.69) is 4.98 Å². The van der Waals surface area contributed by atoms with Crippen molar-refractivity contribution in [2.75, 3.05) is 0 Å². The number of nitrogens with zero attached hydrogens (tertiary/aromatic N) is 1. The van der Waals surface area contributed by atoms with Gasteiger partial charge in [0.05, 0.1) is 6.20 Å². The van der Waals surface area contributed by atoms with Gasteiger partial charge >= 0.3 is 0 Å². The van der Waals surface area contributed by atoms with Crippen LogP contribution in [0, 0.1) is 5.82 Å². The molecule has 0 radical (unpaired) electrons. The fourth-order valence-corrected chi connectivity index (χ4v) is 1.88. The number of rotatable bonds is 4. The predicted octanol–water partition coefficient (Wildman–Crippen LogP) is 3.47. The van der Waals surface area contributed by atoms with Crippen LogP contribution in [0.2, 0.25) is 5.02 Å². The molecule has 0 amide bonds. The molecule has 3 nitrogen and oxygen atoms in total. The minimum Gasteiger partial charge on any atom is -0.489 e. The maximum Gasteiger partial charge on any atom is 0.141 e. The van der Waals surface area contributed by atoms with Gasteiger partial charge in [0.1, 0.15) is 18.2 Å². The maximum absolute atomic E-state index is 13.0. The molecule has 0 bridgehead atoms. The van der Waals surface area contributed by atoms with Gasteiger partial charge in [-0.3, -0.25) is 4.98 Å². The Balaban J connectivity index is 2.15. The third kappa shape index (κ3) is 3.66. The standard InChI is InChI=1S/C14H14ClFN2O/c1-9(17)13-5-11(15)2-3-14(13)19-8-10-4-12(16)7-18-6-10/h2-7,9H,8,17H2,1H3/t9-/m0/s1. The molecule has 2 aromatic rings. The van der Waals surface area contributed by atoms with E-state index >= 15 is 0 Å². The van der Waals surface area contributed by atoms with E-state index in [0.29, 0.717) is 16.3 Å². The Labute approximate surface area is 116 Å². The molecule has 0 fully saturated rings. The first kappa shape index (κ1) is 13.8. The van der Waals surface area contributed by atoms with E-state index in [1.807, 2.05) is 6.92 Å².